The summed E-state index contributed by atoms with van der Waals surface area (Å²) in [6, 6.07) is 4.58. The predicted molar refractivity (Wildman–Crippen MR) is 94.9 cm³/mol. The molecular formula is C17H19BrN4O4. The van der Waals surface area contributed by atoms with Crippen molar-refractivity contribution in [3.8, 4) is 0 Å². The lowest BCUT2D eigenvalue weighted by molar-refractivity contribution is -0.138. The van der Waals surface area contributed by atoms with Gasteiger partial charge in [0.2, 0.25) is 11.8 Å². The lowest BCUT2D eigenvalue weighted by Crippen LogP contribution is -2.46. The summed E-state index contributed by atoms with van der Waals surface area (Å²) in [6.45, 7) is 2.21. The maximum atomic E-state index is 12.5. The average molecular weight is 423 g/mol. The molecule has 3 heterocycles. The number of aliphatic hydroxyl groups is 1. The molecule has 0 aromatic carbocycles. The van der Waals surface area contributed by atoms with E-state index >= 15 is 0 Å². The Hall–Kier alpha value is -2.26. The van der Waals surface area contributed by atoms with Crippen molar-refractivity contribution in [3.63, 3.8) is 0 Å². The molecule has 9 heteroatoms. The molecule has 0 aliphatic carbocycles. The van der Waals surface area contributed by atoms with Crippen molar-refractivity contribution in [1.82, 2.24) is 20.4 Å². The zero-order chi connectivity index (χ0) is 18.7. The normalized spacial score (nSPS) is 19.6. The maximum absolute atomic E-state index is 12.5. The number of carbonyl (C=O) groups excluding carboxylic acids is 2. The zero-order valence-corrected chi connectivity index (χ0v) is 15.8. The summed E-state index contributed by atoms with van der Waals surface area (Å²) in [6.07, 6.45) is 1.14. The monoisotopic (exact) mass is 422 g/mol. The average Bonchev–Trinajstić information content (AvgIpc) is 3.18. The summed E-state index contributed by atoms with van der Waals surface area (Å²) >= 11 is 3.28. The van der Waals surface area contributed by atoms with E-state index in [0.29, 0.717) is 22.6 Å². The van der Waals surface area contributed by atoms with Crippen LogP contribution in [0.4, 0.5) is 0 Å². The van der Waals surface area contributed by atoms with Crippen LogP contribution in [0.25, 0.3) is 0 Å². The van der Waals surface area contributed by atoms with Crippen molar-refractivity contribution in [2.24, 2.45) is 0 Å². The minimum atomic E-state index is -0.721. The molecule has 2 atom stereocenters. The fourth-order valence-corrected chi connectivity index (χ4v) is 3.36. The van der Waals surface area contributed by atoms with Crippen molar-refractivity contribution < 1.29 is 19.2 Å². The molecule has 2 N–H and O–H groups in total. The summed E-state index contributed by atoms with van der Waals surface area (Å²) in [4.78, 5) is 30.5. The number of carbonyl (C=O) groups is 2. The number of pyridine rings is 1. The number of hydrogen-bond acceptors (Lipinski definition) is 6. The van der Waals surface area contributed by atoms with Gasteiger partial charge in [-0.3, -0.25) is 9.59 Å². The molecule has 138 valence electrons. The third-order valence-electron chi connectivity index (χ3n) is 4.16. The molecular weight excluding hydrogens is 404 g/mol. The van der Waals surface area contributed by atoms with Crippen LogP contribution in [0.15, 0.2) is 33.5 Å². The summed E-state index contributed by atoms with van der Waals surface area (Å²) < 4.78 is 5.74. The van der Waals surface area contributed by atoms with E-state index in [2.05, 4.69) is 31.4 Å². The molecule has 2 amide bonds. The molecule has 3 rings (SSSR count). The summed E-state index contributed by atoms with van der Waals surface area (Å²) in [5.74, 6) is -0.129. The fourth-order valence-electron chi connectivity index (χ4n) is 2.95. The maximum Gasteiger partial charge on any atom is 0.243 e. The van der Waals surface area contributed by atoms with Gasteiger partial charge in [-0.25, -0.2) is 4.98 Å². The first-order chi connectivity index (χ1) is 12.4. The Morgan fingerprint density at radius 1 is 1.46 bits per heavy atom. The van der Waals surface area contributed by atoms with E-state index in [0.717, 1.165) is 5.56 Å². The van der Waals surface area contributed by atoms with Crippen LogP contribution in [0.1, 0.15) is 23.4 Å². The van der Waals surface area contributed by atoms with Crippen LogP contribution in [0.5, 0.6) is 0 Å². The van der Waals surface area contributed by atoms with Gasteiger partial charge in [-0.2, -0.15) is 0 Å². The highest BCUT2D eigenvalue weighted by Crippen LogP contribution is 2.20. The highest BCUT2D eigenvalue weighted by Gasteiger charge is 2.38. The van der Waals surface area contributed by atoms with Gasteiger partial charge in [0.1, 0.15) is 16.4 Å². The Labute approximate surface area is 158 Å². The van der Waals surface area contributed by atoms with Crippen molar-refractivity contribution in [2.75, 3.05) is 6.54 Å². The number of aryl methyl sites for hydroxylation is 1. The first kappa shape index (κ1) is 18.5. The Bertz CT molecular complexity index is 810. The third kappa shape index (κ3) is 4.47. The molecule has 1 saturated heterocycles. The van der Waals surface area contributed by atoms with E-state index in [1.165, 1.54) is 4.90 Å². The van der Waals surface area contributed by atoms with Crippen LogP contribution >= 0.6 is 15.9 Å². The number of halogens is 1. The van der Waals surface area contributed by atoms with E-state index in [1.54, 1.807) is 31.3 Å². The van der Waals surface area contributed by atoms with Crippen molar-refractivity contribution in [2.45, 2.75) is 38.5 Å². The zero-order valence-electron chi connectivity index (χ0n) is 14.2. The van der Waals surface area contributed by atoms with Gasteiger partial charge in [0, 0.05) is 31.8 Å². The molecule has 1 fully saturated rings. The summed E-state index contributed by atoms with van der Waals surface area (Å²) in [5.41, 5.74) is 1.57. The first-order valence-electron chi connectivity index (χ1n) is 8.20. The second kappa shape index (κ2) is 7.96. The first-order valence-corrected chi connectivity index (χ1v) is 8.99. The van der Waals surface area contributed by atoms with E-state index in [-0.39, 0.29) is 31.2 Å². The Morgan fingerprint density at radius 3 is 2.96 bits per heavy atom. The number of nitrogens with zero attached hydrogens (tertiary/aromatic N) is 3. The van der Waals surface area contributed by atoms with Gasteiger partial charge in [0.05, 0.1) is 18.2 Å². The number of aromatic nitrogens is 2. The van der Waals surface area contributed by atoms with Crippen LogP contribution in [0.3, 0.4) is 0 Å². The number of hydrogen-bond donors (Lipinski definition) is 2. The minimum Gasteiger partial charge on any atom is -0.391 e. The fraction of sp³-hybridized carbons (Fsp3) is 0.412. The summed E-state index contributed by atoms with van der Waals surface area (Å²) in [7, 11) is 0. The standard InChI is InChI=1S/C17H19BrN4O4/c1-10-4-13(26-21-10)7-16(24)22-9-12(23)6-14(22)17(25)20-8-11-2-3-19-15(18)5-11/h2-5,12,14,23H,6-9H2,1H3,(H,20,25)/t12-,14+/m1/s1. The third-order valence-corrected chi connectivity index (χ3v) is 4.60. The van der Waals surface area contributed by atoms with Crippen molar-refractivity contribution in [1.29, 1.82) is 0 Å². The lowest BCUT2D eigenvalue weighted by atomic mass is 10.1. The van der Waals surface area contributed by atoms with Gasteiger partial charge in [0.25, 0.3) is 0 Å². The molecule has 0 bridgehead atoms. The quantitative estimate of drug-likeness (QED) is 0.694. The highest BCUT2D eigenvalue weighted by atomic mass is 79.9. The Kier molecular flexibility index (Phi) is 5.67. The minimum absolute atomic E-state index is 0.00857. The van der Waals surface area contributed by atoms with Gasteiger partial charge < -0.3 is 19.8 Å². The molecule has 8 nitrogen and oxygen atoms in total. The van der Waals surface area contributed by atoms with Gasteiger partial charge >= 0.3 is 0 Å². The van der Waals surface area contributed by atoms with E-state index < -0.39 is 12.1 Å². The predicted octanol–water partition coefficient (Wildman–Crippen LogP) is 0.961. The number of rotatable bonds is 5. The largest absolute Gasteiger partial charge is 0.391 e. The van der Waals surface area contributed by atoms with E-state index in [1.807, 2.05) is 0 Å². The SMILES string of the molecule is Cc1cc(CC(=O)N2C[C@H](O)C[C@H]2C(=O)NCc2ccnc(Br)c2)on1. The Morgan fingerprint density at radius 2 is 2.27 bits per heavy atom. The molecule has 26 heavy (non-hydrogen) atoms. The molecule has 2 aromatic heterocycles. The molecule has 1 aliphatic rings. The van der Waals surface area contributed by atoms with Crippen molar-refractivity contribution >= 4 is 27.7 Å². The van der Waals surface area contributed by atoms with Gasteiger partial charge in [-0.1, -0.05) is 5.16 Å². The molecule has 0 unspecified atom stereocenters. The molecule has 2 aromatic rings. The van der Waals surface area contributed by atoms with Crippen molar-refractivity contribution in [3.05, 3.63) is 46.0 Å². The van der Waals surface area contributed by atoms with Crippen LogP contribution in [-0.2, 0) is 22.6 Å². The Balaban J connectivity index is 1.62. The lowest BCUT2D eigenvalue weighted by Gasteiger charge is -2.23. The molecule has 1 aliphatic heterocycles. The van der Waals surface area contributed by atoms with Gasteiger partial charge in [-0.05, 0) is 40.5 Å². The molecule has 0 spiro atoms. The van der Waals surface area contributed by atoms with E-state index in [9.17, 15) is 14.7 Å². The summed E-state index contributed by atoms with van der Waals surface area (Å²) in [5, 5.41) is 16.5. The van der Waals surface area contributed by atoms with Gasteiger partial charge in [0.15, 0.2) is 0 Å². The van der Waals surface area contributed by atoms with Crippen LogP contribution in [-0.4, -0.2) is 50.7 Å². The number of nitrogens with one attached hydrogen (secondary N) is 1. The smallest absolute Gasteiger partial charge is 0.243 e. The van der Waals surface area contributed by atoms with Gasteiger partial charge in [-0.15, -0.1) is 0 Å². The van der Waals surface area contributed by atoms with Crippen LogP contribution in [0, 0.1) is 6.92 Å². The van der Waals surface area contributed by atoms with Crippen LogP contribution < -0.4 is 5.32 Å². The highest BCUT2D eigenvalue weighted by molar-refractivity contribution is 9.10. The molecule has 0 saturated carbocycles. The number of likely N-dealkylation sites (tertiary alicyclic amines) is 1. The number of aliphatic hydroxyl groups excluding tert-OH is 1. The van der Waals surface area contributed by atoms with E-state index in [4.69, 9.17) is 4.52 Å². The van der Waals surface area contributed by atoms with Crippen LogP contribution in [0.2, 0.25) is 0 Å². The second-order valence-electron chi connectivity index (χ2n) is 6.27. The second-order valence-corrected chi connectivity index (χ2v) is 7.08. The molecule has 0 radical (unpaired) electrons. The number of β-amino-alcohol motifs (C(OH)–C–C–N with tert-alkyl or cyclic N) is 1. The number of amides is 2. The topological polar surface area (TPSA) is 109 Å².